The zero-order chi connectivity index (χ0) is 15.6. The zero-order valence-electron chi connectivity index (χ0n) is 12.1. The summed E-state index contributed by atoms with van der Waals surface area (Å²) in [5, 5.41) is 9.28. The van der Waals surface area contributed by atoms with Crippen molar-refractivity contribution in [2.75, 3.05) is 19.8 Å². The van der Waals surface area contributed by atoms with E-state index < -0.39 is 17.9 Å². The minimum absolute atomic E-state index is 0.157. The number of carboxylic acid groups (broad SMARTS) is 1. The van der Waals surface area contributed by atoms with Crippen molar-refractivity contribution < 1.29 is 19.4 Å². The number of nitrogens with zero attached hydrogens (tertiary/aromatic N) is 2. The van der Waals surface area contributed by atoms with Gasteiger partial charge in [-0.2, -0.15) is 0 Å². The fourth-order valence-electron chi connectivity index (χ4n) is 2.63. The first-order valence-electron chi connectivity index (χ1n) is 6.89. The summed E-state index contributed by atoms with van der Waals surface area (Å²) in [6, 6.07) is 1.33. The van der Waals surface area contributed by atoms with Crippen LogP contribution in [-0.4, -0.2) is 52.3 Å². The number of hydrogen-bond donors (Lipinski definition) is 1. The number of rotatable bonds is 5. The van der Waals surface area contributed by atoms with Crippen molar-refractivity contribution in [3.8, 4) is 0 Å². The van der Waals surface area contributed by atoms with Gasteiger partial charge in [-0.05, 0) is 28.4 Å². The molecule has 2 heterocycles. The van der Waals surface area contributed by atoms with Gasteiger partial charge < -0.3 is 19.3 Å². The van der Waals surface area contributed by atoms with Gasteiger partial charge in [0.05, 0.1) is 19.3 Å². The predicted octanol–water partition coefficient (Wildman–Crippen LogP) is 1.74. The lowest BCUT2D eigenvalue weighted by molar-refractivity contribution is -0.142. The van der Waals surface area contributed by atoms with E-state index in [1.807, 2.05) is 6.92 Å². The number of halogens is 1. The third kappa shape index (κ3) is 3.29. The van der Waals surface area contributed by atoms with Gasteiger partial charge in [-0.15, -0.1) is 0 Å². The van der Waals surface area contributed by atoms with E-state index in [9.17, 15) is 14.7 Å². The van der Waals surface area contributed by atoms with E-state index in [-0.39, 0.29) is 19.1 Å². The van der Waals surface area contributed by atoms with Crippen LogP contribution < -0.4 is 0 Å². The Morgan fingerprint density at radius 1 is 1.52 bits per heavy atom. The largest absolute Gasteiger partial charge is 0.481 e. The minimum atomic E-state index is -0.917. The molecular weight excluding hydrogens is 340 g/mol. The summed E-state index contributed by atoms with van der Waals surface area (Å²) in [5.74, 6) is -1.74. The molecule has 21 heavy (non-hydrogen) atoms. The molecule has 7 heteroatoms. The van der Waals surface area contributed by atoms with Gasteiger partial charge in [0.25, 0.3) is 5.91 Å². The number of aromatic nitrogens is 1. The molecule has 2 unspecified atom stereocenters. The molecule has 0 aromatic carbocycles. The summed E-state index contributed by atoms with van der Waals surface area (Å²) < 4.78 is 7.85. The van der Waals surface area contributed by atoms with Crippen LogP contribution in [0.25, 0.3) is 0 Å². The van der Waals surface area contributed by atoms with Crippen molar-refractivity contribution in [3.63, 3.8) is 0 Å². The fraction of sp³-hybridized carbons (Fsp3) is 0.571. The molecule has 0 radical (unpaired) electrons. The van der Waals surface area contributed by atoms with Crippen LogP contribution in [0.2, 0.25) is 0 Å². The highest BCUT2D eigenvalue weighted by Gasteiger charge is 2.40. The van der Waals surface area contributed by atoms with Gasteiger partial charge in [-0.25, -0.2) is 0 Å². The third-order valence-corrected chi connectivity index (χ3v) is 4.12. The number of aliphatic carboxylic acids is 1. The average molecular weight is 359 g/mol. The first kappa shape index (κ1) is 16.0. The van der Waals surface area contributed by atoms with Crippen molar-refractivity contribution in [1.29, 1.82) is 0 Å². The smallest absolute Gasteiger partial charge is 0.311 e. The summed E-state index contributed by atoms with van der Waals surface area (Å²) in [6.45, 7) is 2.91. The Bertz CT molecular complexity index is 543. The van der Waals surface area contributed by atoms with Gasteiger partial charge in [0.2, 0.25) is 0 Å². The highest BCUT2D eigenvalue weighted by molar-refractivity contribution is 9.10. The summed E-state index contributed by atoms with van der Waals surface area (Å²) in [6.07, 6.45) is 2.57. The van der Waals surface area contributed by atoms with Crippen LogP contribution in [0, 0.1) is 5.92 Å². The van der Waals surface area contributed by atoms with Gasteiger partial charge in [-0.3, -0.25) is 9.59 Å². The number of carboxylic acids is 1. The number of amides is 1. The highest BCUT2D eigenvalue weighted by Crippen LogP contribution is 2.24. The molecule has 0 spiro atoms. The Balaban J connectivity index is 2.28. The molecule has 1 fully saturated rings. The molecule has 2 rings (SSSR count). The summed E-state index contributed by atoms with van der Waals surface area (Å²) in [4.78, 5) is 25.7. The predicted molar refractivity (Wildman–Crippen MR) is 80.2 cm³/mol. The van der Waals surface area contributed by atoms with E-state index >= 15 is 0 Å². The third-order valence-electron chi connectivity index (χ3n) is 3.68. The fourth-order valence-corrected chi connectivity index (χ4v) is 3.15. The second-order valence-electron chi connectivity index (χ2n) is 5.20. The van der Waals surface area contributed by atoms with E-state index in [0.717, 1.165) is 10.9 Å². The van der Waals surface area contributed by atoms with E-state index in [4.69, 9.17) is 4.74 Å². The lowest BCUT2D eigenvalue weighted by atomic mass is 10.0. The van der Waals surface area contributed by atoms with Crippen LogP contribution >= 0.6 is 15.9 Å². The van der Waals surface area contributed by atoms with E-state index in [1.165, 1.54) is 0 Å². The van der Waals surface area contributed by atoms with Crippen LogP contribution in [0.4, 0.5) is 0 Å². The molecule has 1 N–H and O–H groups in total. The van der Waals surface area contributed by atoms with Crippen molar-refractivity contribution in [1.82, 2.24) is 9.47 Å². The quantitative estimate of drug-likeness (QED) is 0.869. The summed E-state index contributed by atoms with van der Waals surface area (Å²) in [5.41, 5.74) is 0.534. The van der Waals surface area contributed by atoms with Crippen molar-refractivity contribution in [2.45, 2.75) is 19.4 Å². The molecule has 0 saturated carbocycles. The maximum Gasteiger partial charge on any atom is 0.311 e. The van der Waals surface area contributed by atoms with Gasteiger partial charge in [0.1, 0.15) is 11.6 Å². The van der Waals surface area contributed by atoms with Gasteiger partial charge in [-0.1, -0.05) is 6.92 Å². The molecule has 1 aliphatic rings. The lowest BCUT2D eigenvalue weighted by Gasteiger charge is -2.30. The maximum atomic E-state index is 12.8. The number of aryl methyl sites for hydroxylation is 1. The topological polar surface area (TPSA) is 71.8 Å². The number of carbonyl (C=O) groups is 2. The highest BCUT2D eigenvalue weighted by atomic mass is 79.9. The molecule has 0 bridgehead atoms. The second-order valence-corrected chi connectivity index (χ2v) is 6.12. The normalized spacial score (nSPS) is 21.5. The van der Waals surface area contributed by atoms with E-state index in [1.54, 1.807) is 28.8 Å². The first-order valence-corrected chi connectivity index (χ1v) is 7.68. The summed E-state index contributed by atoms with van der Waals surface area (Å²) in [7, 11) is 1.79. The van der Waals surface area contributed by atoms with Crippen LogP contribution in [0.5, 0.6) is 0 Å². The Kier molecular flexibility index (Phi) is 5.05. The molecule has 6 nitrogen and oxygen atoms in total. The van der Waals surface area contributed by atoms with Crippen molar-refractivity contribution in [2.24, 2.45) is 13.0 Å². The van der Waals surface area contributed by atoms with Crippen LogP contribution in [-0.2, 0) is 16.6 Å². The second kappa shape index (κ2) is 6.62. The molecule has 116 valence electrons. The van der Waals surface area contributed by atoms with Gasteiger partial charge >= 0.3 is 5.97 Å². The van der Waals surface area contributed by atoms with Crippen LogP contribution in [0.3, 0.4) is 0 Å². The lowest BCUT2D eigenvalue weighted by Crippen LogP contribution is -2.47. The molecule has 1 aromatic rings. The van der Waals surface area contributed by atoms with Crippen LogP contribution in [0.1, 0.15) is 23.8 Å². The standard InChI is InChI=1S/C14H19BrN2O4/c1-3-4-17(12-8-21-7-10(12)14(19)20)13(18)11-5-9(15)6-16(11)2/h5-6,10,12H,3-4,7-8H2,1-2H3,(H,19,20). The first-order chi connectivity index (χ1) is 9.95. The Morgan fingerprint density at radius 3 is 2.76 bits per heavy atom. The van der Waals surface area contributed by atoms with Gasteiger partial charge in [0.15, 0.2) is 0 Å². The molecular formula is C14H19BrN2O4. The minimum Gasteiger partial charge on any atom is -0.481 e. The zero-order valence-corrected chi connectivity index (χ0v) is 13.7. The number of carbonyl (C=O) groups excluding carboxylic acids is 1. The summed E-state index contributed by atoms with van der Waals surface area (Å²) >= 11 is 3.35. The van der Waals surface area contributed by atoms with Crippen molar-refractivity contribution >= 4 is 27.8 Å². The average Bonchev–Trinajstić information content (AvgIpc) is 3.01. The SMILES string of the molecule is CCCN(C(=O)c1cc(Br)cn1C)C1COCC1C(=O)O. The van der Waals surface area contributed by atoms with Crippen molar-refractivity contribution in [3.05, 3.63) is 22.4 Å². The number of hydrogen-bond acceptors (Lipinski definition) is 3. The molecule has 2 atom stereocenters. The van der Waals surface area contributed by atoms with E-state index in [2.05, 4.69) is 15.9 Å². The Labute approximate surface area is 131 Å². The molecule has 1 aliphatic heterocycles. The van der Waals surface area contributed by atoms with Gasteiger partial charge in [0, 0.05) is 24.3 Å². The molecule has 1 aromatic heterocycles. The molecule has 0 aliphatic carbocycles. The maximum absolute atomic E-state index is 12.8. The molecule has 1 saturated heterocycles. The Hall–Kier alpha value is -1.34. The number of ether oxygens (including phenoxy) is 1. The van der Waals surface area contributed by atoms with E-state index in [0.29, 0.717) is 12.2 Å². The Morgan fingerprint density at radius 2 is 2.24 bits per heavy atom. The molecule has 1 amide bonds. The van der Waals surface area contributed by atoms with Crippen LogP contribution in [0.15, 0.2) is 16.7 Å². The monoisotopic (exact) mass is 358 g/mol.